The summed E-state index contributed by atoms with van der Waals surface area (Å²) in [6.07, 6.45) is 7.53. The largest absolute Gasteiger partial charge is 0.339 e. The maximum absolute atomic E-state index is 12.3. The summed E-state index contributed by atoms with van der Waals surface area (Å²) in [5.74, 6) is 0.507. The van der Waals surface area contributed by atoms with E-state index in [1.54, 1.807) is 0 Å². The molecule has 18 heavy (non-hydrogen) atoms. The average Bonchev–Trinajstić information content (AvgIpc) is 2.75. The number of amides is 1. The second-order valence-corrected chi connectivity index (χ2v) is 6.35. The molecule has 0 saturated carbocycles. The van der Waals surface area contributed by atoms with E-state index in [4.69, 9.17) is 0 Å². The second-order valence-electron chi connectivity index (χ2n) is 6.35. The van der Waals surface area contributed by atoms with Crippen LogP contribution in [0.1, 0.15) is 52.4 Å². The van der Waals surface area contributed by atoms with Crippen LogP contribution in [0.5, 0.6) is 0 Å². The molecule has 1 amide bonds. The zero-order chi connectivity index (χ0) is 13.1. The van der Waals surface area contributed by atoms with E-state index in [1.165, 1.54) is 45.1 Å². The quantitative estimate of drug-likeness (QED) is 0.770. The Hall–Kier alpha value is -0.570. The van der Waals surface area contributed by atoms with Crippen LogP contribution in [0.3, 0.4) is 0 Å². The number of carbonyl (C=O) groups excluding carboxylic acids is 1. The number of rotatable bonds is 3. The molecule has 0 spiro atoms. The van der Waals surface area contributed by atoms with E-state index in [0.29, 0.717) is 18.0 Å². The molecule has 2 unspecified atom stereocenters. The summed E-state index contributed by atoms with van der Waals surface area (Å²) < 4.78 is 0. The first-order valence-corrected chi connectivity index (χ1v) is 7.60. The van der Waals surface area contributed by atoms with Crippen LogP contribution < -0.4 is 0 Å². The summed E-state index contributed by atoms with van der Waals surface area (Å²) in [5, 5.41) is 0. The maximum atomic E-state index is 12.3. The SMILES string of the molecule is CC(C)C(=O)N1CCCCC1CC1CCCN1C. The van der Waals surface area contributed by atoms with Crippen molar-refractivity contribution in [3.05, 3.63) is 0 Å². The predicted octanol–water partition coefficient (Wildman–Crippen LogP) is 2.51. The molecular weight excluding hydrogens is 224 g/mol. The Labute approximate surface area is 112 Å². The third-order valence-electron chi connectivity index (χ3n) is 4.62. The van der Waals surface area contributed by atoms with Gasteiger partial charge in [0.2, 0.25) is 5.91 Å². The smallest absolute Gasteiger partial charge is 0.225 e. The van der Waals surface area contributed by atoms with Gasteiger partial charge in [0.25, 0.3) is 0 Å². The average molecular weight is 252 g/mol. The molecule has 2 saturated heterocycles. The number of nitrogens with zero attached hydrogens (tertiary/aromatic N) is 2. The molecule has 0 aliphatic carbocycles. The summed E-state index contributed by atoms with van der Waals surface area (Å²) in [6, 6.07) is 1.20. The minimum absolute atomic E-state index is 0.145. The maximum Gasteiger partial charge on any atom is 0.225 e. The van der Waals surface area contributed by atoms with Gasteiger partial charge in [-0.15, -0.1) is 0 Å². The van der Waals surface area contributed by atoms with E-state index in [9.17, 15) is 4.79 Å². The first-order chi connectivity index (χ1) is 8.59. The highest BCUT2D eigenvalue weighted by Gasteiger charge is 2.32. The molecule has 2 atom stereocenters. The molecule has 2 fully saturated rings. The lowest BCUT2D eigenvalue weighted by atomic mass is 9.93. The van der Waals surface area contributed by atoms with Gasteiger partial charge in [0.1, 0.15) is 0 Å². The van der Waals surface area contributed by atoms with Crippen molar-refractivity contribution < 1.29 is 4.79 Å². The fourth-order valence-electron chi connectivity index (χ4n) is 3.46. The van der Waals surface area contributed by atoms with Crippen molar-refractivity contribution >= 4 is 5.91 Å². The van der Waals surface area contributed by atoms with Crippen molar-refractivity contribution in [3.8, 4) is 0 Å². The molecule has 2 aliphatic heterocycles. The van der Waals surface area contributed by atoms with Gasteiger partial charge in [0.05, 0.1) is 0 Å². The zero-order valence-electron chi connectivity index (χ0n) is 12.2. The summed E-state index contributed by atoms with van der Waals surface area (Å²) in [5.41, 5.74) is 0. The molecule has 0 radical (unpaired) electrons. The van der Waals surface area contributed by atoms with E-state index in [2.05, 4.69) is 16.8 Å². The Morgan fingerprint density at radius 1 is 1.11 bits per heavy atom. The van der Waals surface area contributed by atoms with Crippen molar-refractivity contribution in [3.63, 3.8) is 0 Å². The van der Waals surface area contributed by atoms with Crippen LogP contribution in [0.25, 0.3) is 0 Å². The van der Waals surface area contributed by atoms with Crippen molar-refractivity contribution in [1.82, 2.24) is 9.80 Å². The standard InChI is InChI=1S/C15H28N2O/c1-12(2)15(18)17-10-5-4-7-14(17)11-13-8-6-9-16(13)3/h12-14H,4-11H2,1-3H3. The zero-order valence-corrected chi connectivity index (χ0v) is 12.2. The van der Waals surface area contributed by atoms with Crippen molar-refractivity contribution in [2.45, 2.75) is 64.5 Å². The number of hydrogen-bond acceptors (Lipinski definition) is 2. The Morgan fingerprint density at radius 3 is 2.44 bits per heavy atom. The van der Waals surface area contributed by atoms with Gasteiger partial charge < -0.3 is 9.80 Å². The minimum atomic E-state index is 0.145. The van der Waals surface area contributed by atoms with Crippen molar-refractivity contribution in [1.29, 1.82) is 0 Å². The van der Waals surface area contributed by atoms with Crippen LogP contribution in [0, 0.1) is 5.92 Å². The van der Waals surface area contributed by atoms with E-state index in [0.717, 1.165) is 6.54 Å². The van der Waals surface area contributed by atoms with Gasteiger partial charge in [-0.3, -0.25) is 4.79 Å². The first kappa shape index (κ1) is 13.9. The van der Waals surface area contributed by atoms with Crippen molar-refractivity contribution in [2.24, 2.45) is 5.92 Å². The van der Waals surface area contributed by atoms with Crippen molar-refractivity contribution in [2.75, 3.05) is 20.1 Å². The third-order valence-corrected chi connectivity index (χ3v) is 4.62. The highest BCUT2D eigenvalue weighted by atomic mass is 16.2. The van der Waals surface area contributed by atoms with Gasteiger partial charge in [-0.2, -0.15) is 0 Å². The topological polar surface area (TPSA) is 23.6 Å². The molecule has 0 bridgehead atoms. The lowest BCUT2D eigenvalue weighted by molar-refractivity contribution is -0.138. The molecule has 2 heterocycles. The molecular formula is C15H28N2O. The van der Waals surface area contributed by atoms with Crippen LogP contribution in [-0.4, -0.2) is 47.9 Å². The second kappa shape index (κ2) is 6.05. The highest BCUT2D eigenvalue weighted by molar-refractivity contribution is 5.78. The van der Waals surface area contributed by atoms with Gasteiger partial charge in [-0.25, -0.2) is 0 Å². The summed E-state index contributed by atoms with van der Waals surface area (Å²) in [7, 11) is 2.23. The lowest BCUT2D eigenvalue weighted by Crippen LogP contribution is -2.47. The Kier molecular flexibility index (Phi) is 4.66. The summed E-state index contributed by atoms with van der Waals surface area (Å²) >= 11 is 0. The monoisotopic (exact) mass is 252 g/mol. The lowest BCUT2D eigenvalue weighted by Gasteiger charge is -2.39. The van der Waals surface area contributed by atoms with E-state index in [-0.39, 0.29) is 5.92 Å². The molecule has 0 aromatic rings. The third kappa shape index (κ3) is 3.05. The molecule has 3 nitrogen and oxygen atoms in total. The molecule has 0 aromatic carbocycles. The van der Waals surface area contributed by atoms with E-state index in [1.807, 2.05) is 13.8 Å². The molecule has 2 aliphatic rings. The predicted molar refractivity (Wildman–Crippen MR) is 74.5 cm³/mol. The van der Waals surface area contributed by atoms with Crippen LogP contribution in [-0.2, 0) is 4.79 Å². The number of piperidine rings is 1. The van der Waals surface area contributed by atoms with E-state index < -0.39 is 0 Å². The van der Waals surface area contributed by atoms with Gasteiger partial charge >= 0.3 is 0 Å². The van der Waals surface area contributed by atoms with Gasteiger partial charge in [0, 0.05) is 24.5 Å². The van der Waals surface area contributed by atoms with Gasteiger partial charge in [0.15, 0.2) is 0 Å². The Morgan fingerprint density at radius 2 is 1.83 bits per heavy atom. The van der Waals surface area contributed by atoms with Gasteiger partial charge in [-0.1, -0.05) is 13.8 Å². The first-order valence-electron chi connectivity index (χ1n) is 7.60. The summed E-state index contributed by atoms with van der Waals surface area (Å²) in [4.78, 5) is 16.9. The number of carbonyl (C=O) groups is 1. The molecule has 104 valence electrons. The Bertz CT molecular complexity index is 290. The number of likely N-dealkylation sites (tertiary alicyclic amines) is 2. The summed E-state index contributed by atoms with van der Waals surface area (Å²) in [6.45, 7) is 6.26. The highest BCUT2D eigenvalue weighted by Crippen LogP contribution is 2.27. The van der Waals surface area contributed by atoms with E-state index >= 15 is 0 Å². The van der Waals surface area contributed by atoms with Crippen LogP contribution >= 0.6 is 0 Å². The minimum Gasteiger partial charge on any atom is -0.339 e. The van der Waals surface area contributed by atoms with Crippen LogP contribution in [0.2, 0.25) is 0 Å². The fourth-order valence-corrected chi connectivity index (χ4v) is 3.46. The van der Waals surface area contributed by atoms with Crippen LogP contribution in [0.4, 0.5) is 0 Å². The molecule has 2 rings (SSSR count). The molecule has 0 aromatic heterocycles. The fraction of sp³-hybridized carbons (Fsp3) is 0.933. The molecule has 3 heteroatoms. The Balaban J connectivity index is 1.97. The van der Waals surface area contributed by atoms with Crippen LogP contribution in [0.15, 0.2) is 0 Å². The molecule has 0 N–H and O–H groups in total. The normalized spacial score (nSPS) is 30.1. The van der Waals surface area contributed by atoms with Gasteiger partial charge in [-0.05, 0) is 52.1 Å². The number of hydrogen-bond donors (Lipinski definition) is 0.